The Hall–Kier alpha value is -1.55. The van der Waals surface area contributed by atoms with E-state index in [9.17, 15) is 0 Å². The quantitative estimate of drug-likeness (QED) is 0.885. The van der Waals surface area contributed by atoms with Crippen LogP contribution in [0.4, 0.5) is 5.95 Å². The van der Waals surface area contributed by atoms with Gasteiger partial charge in [-0.15, -0.1) is 0 Å². The van der Waals surface area contributed by atoms with E-state index in [1.54, 1.807) is 7.11 Å². The Bertz CT molecular complexity index is 543. The SMILES string of the molecule is COC(C)(C)Cn1c(N)nc2ccc(C)cc21. The number of hydrogen-bond donors (Lipinski definition) is 1. The van der Waals surface area contributed by atoms with Crippen LogP contribution in [0.25, 0.3) is 11.0 Å². The molecule has 0 bridgehead atoms. The molecule has 0 aliphatic heterocycles. The Balaban J connectivity index is 2.52. The highest BCUT2D eigenvalue weighted by atomic mass is 16.5. The van der Waals surface area contributed by atoms with Crippen molar-refractivity contribution < 1.29 is 4.74 Å². The lowest BCUT2D eigenvalue weighted by atomic mass is 10.1. The lowest BCUT2D eigenvalue weighted by Gasteiger charge is -2.24. The minimum atomic E-state index is -0.258. The van der Waals surface area contributed by atoms with E-state index in [1.807, 2.05) is 30.5 Å². The molecule has 0 aliphatic carbocycles. The Morgan fingerprint density at radius 2 is 2.12 bits per heavy atom. The molecule has 0 saturated heterocycles. The number of ether oxygens (including phenoxy) is 1. The second kappa shape index (κ2) is 4.04. The van der Waals surface area contributed by atoms with Crippen LogP contribution in [0.15, 0.2) is 18.2 Å². The summed E-state index contributed by atoms with van der Waals surface area (Å²) in [6, 6.07) is 6.14. The van der Waals surface area contributed by atoms with E-state index >= 15 is 0 Å². The number of benzene rings is 1. The molecule has 2 rings (SSSR count). The van der Waals surface area contributed by atoms with E-state index in [1.165, 1.54) is 5.56 Å². The van der Waals surface area contributed by atoms with Gasteiger partial charge in [-0.1, -0.05) is 6.07 Å². The minimum absolute atomic E-state index is 0.258. The van der Waals surface area contributed by atoms with Gasteiger partial charge >= 0.3 is 0 Å². The van der Waals surface area contributed by atoms with Gasteiger partial charge in [0.15, 0.2) is 0 Å². The van der Waals surface area contributed by atoms with E-state index in [-0.39, 0.29) is 5.60 Å². The molecule has 0 saturated carbocycles. The molecule has 1 aromatic heterocycles. The van der Waals surface area contributed by atoms with Gasteiger partial charge in [0.25, 0.3) is 0 Å². The van der Waals surface area contributed by atoms with Gasteiger partial charge in [0.2, 0.25) is 5.95 Å². The molecule has 0 amide bonds. The highest BCUT2D eigenvalue weighted by Crippen LogP contribution is 2.22. The highest BCUT2D eigenvalue weighted by Gasteiger charge is 2.20. The summed E-state index contributed by atoms with van der Waals surface area (Å²) in [5, 5.41) is 0. The van der Waals surface area contributed by atoms with Crippen LogP contribution in [0.2, 0.25) is 0 Å². The van der Waals surface area contributed by atoms with Crippen molar-refractivity contribution in [3.05, 3.63) is 23.8 Å². The van der Waals surface area contributed by atoms with Crippen LogP contribution in [0.5, 0.6) is 0 Å². The Morgan fingerprint density at radius 3 is 2.76 bits per heavy atom. The van der Waals surface area contributed by atoms with Gasteiger partial charge in [0.05, 0.1) is 23.2 Å². The van der Waals surface area contributed by atoms with Crippen molar-refractivity contribution in [2.45, 2.75) is 32.9 Å². The van der Waals surface area contributed by atoms with Gasteiger partial charge in [-0.25, -0.2) is 4.98 Å². The number of methoxy groups -OCH3 is 1. The number of nitrogen functional groups attached to an aromatic ring is 1. The third kappa shape index (κ3) is 2.26. The topological polar surface area (TPSA) is 53.1 Å². The third-order valence-corrected chi connectivity index (χ3v) is 3.02. The van der Waals surface area contributed by atoms with Crippen molar-refractivity contribution >= 4 is 17.0 Å². The number of hydrogen-bond acceptors (Lipinski definition) is 3. The third-order valence-electron chi connectivity index (χ3n) is 3.02. The van der Waals surface area contributed by atoms with Crippen molar-refractivity contribution in [3.8, 4) is 0 Å². The molecule has 1 aromatic carbocycles. The number of anilines is 1. The summed E-state index contributed by atoms with van der Waals surface area (Å²) in [4.78, 5) is 4.36. The normalized spacial score (nSPS) is 12.2. The lowest BCUT2D eigenvalue weighted by molar-refractivity contribution is 0.00947. The average Bonchev–Trinajstić information content (AvgIpc) is 2.56. The summed E-state index contributed by atoms with van der Waals surface area (Å²) < 4.78 is 7.45. The smallest absolute Gasteiger partial charge is 0.201 e. The predicted molar refractivity (Wildman–Crippen MR) is 70.0 cm³/mol. The molecule has 0 atom stereocenters. The highest BCUT2D eigenvalue weighted by molar-refractivity contribution is 5.79. The second-order valence-electron chi connectivity index (χ2n) is 5.01. The van der Waals surface area contributed by atoms with Crippen LogP contribution in [0, 0.1) is 6.92 Å². The first-order chi connectivity index (χ1) is 7.93. The summed E-state index contributed by atoms with van der Waals surface area (Å²) in [6.07, 6.45) is 0. The maximum Gasteiger partial charge on any atom is 0.201 e. The van der Waals surface area contributed by atoms with Gasteiger partial charge in [0.1, 0.15) is 0 Å². The van der Waals surface area contributed by atoms with E-state index in [0.29, 0.717) is 12.5 Å². The summed E-state index contributed by atoms with van der Waals surface area (Å²) in [6.45, 7) is 6.83. The summed E-state index contributed by atoms with van der Waals surface area (Å²) in [5.74, 6) is 0.538. The first-order valence-corrected chi connectivity index (χ1v) is 5.70. The van der Waals surface area contributed by atoms with E-state index in [0.717, 1.165) is 11.0 Å². The number of aromatic nitrogens is 2. The Morgan fingerprint density at radius 1 is 1.41 bits per heavy atom. The van der Waals surface area contributed by atoms with Crippen molar-refractivity contribution in [3.63, 3.8) is 0 Å². The first-order valence-electron chi connectivity index (χ1n) is 5.70. The molecule has 1 heterocycles. The van der Waals surface area contributed by atoms with Crippen LogP contribution in [0.1, 0.15) is 19.4 Å². The van der Waals surface area contributed by atoms with Crippen molar-refractivity contribution in [1.29, 1.82) is 0 Å². The summed E-state index contributed by atoms with van der Waals surface area (Å²) >= 11 is 0. The van der Waals surface area contributed by atoms with Crippen molar-refractivity contribution in [2.24, 2.45) is 0 Å². The van der Waals surface area contributed by atoms with Gasteiger partial charge in [-0.3, -0.25) is 0 Å². The van der Waals surface area contributed by atoms with Crippen LogP contribution in [0.3, 0.4) is 0 Å². The molecule has 4 heteroatoms. The fourth-order valence-corrected chi connectivity index (χ4v) is 1.86. The van der Waals surface area contributed by atoms with E-state index in [4.69, 9.17) is 10.5 Å². The molecule has 17 heavy (non-hydrogen) atoms. The molecular formula is C13H19N3O. The maximum atomic E-state index is 5.96. The average molecular weight is 233 g/mol. The molecule has 92 valence electrons. The van der Waals surface area contributed by atoms with Gasteiger partial charge in [-0.2, -0.15) is 0 Å². The number of nitrogens with zero attached hydrogens (tertiary/aromatic N) is 2. The largest absolute Gasteiger partial charge is 0.377 e. The Kier molecular flexibility index (Phi) is 2.83. The number of aryl methyl sites for hydroxylation is 1. The maximum absolute atomic E-state index is 5.96. The number of fused-ring (bicyclic) bond motifs is 1. The first kappa shape index (κ1) is 11.9. The number of nitrogens with two attached hydrogens (primary N) is 1. The lowest BCUT2D eigenvalue weighted by Crippen LogP contribution is -2.29. The molecule has 0 fully saturated rings. The second-order valence-corrected chi connectivity index (χ2v) is 5.01. The van der Waals surface area contributed by atoms with Gasteiger partial charge in [-0.05, 0) is 38.5 Å². The predicted octanol–water partition coefficient (Wildman–Crippen LogP) is 2.35. The monoisotopic (exact) mass is 233 g/mol. The molecule has 0 aliphatic rings. The zero-order chi connectivity index (χ0) is 12.6. The van der Waals surface area contributed by atoms with Gasteiger partial charge < -0.3 is 15.0 Å². The standard InChI is InChI=1S/C13H19N3O/c1-9-5-6-10-11(7-9)16(12(14)15-10)8-13(2,3)17-4/h5-7H,8H2,1-4H3,(H2,14,15). The number of rotatable bonds is 3. The fraction of sp³-hybridized carbons (Fsp3) is 0.462. The van der Waals surface area contributed by atoms with Crippen LogP contribution in [-0.2, 0) is 11.3 Å². The van der Waals surface area contributed by atoms with Crippen molar-refractivity contribution in [2.75, 3.05) is 12.8 Å². The van der Waals surface area contributed by atoms with E-state index < -0.39 is 0 Å². The zero-order valence-corrected chi connectivity index (χ0v) is 10.8. The minimum Gasteiger partial charge on any atom is -0.377 e. The zero-order valence-electron chi connectivity index (χ0n) is 10.8. The molecule has 0 spiro atoms. The fourth-order valence-electron chi connectivity index (χ4n) is 1.86. The van der Waals surface area contributed by atoms with Crippen LogP contribution in [-0.4, -0.2) is 22.3 Å². The molecule has 2 N–H and O–H groups in total. The van der Waals surface area contributed by atoms with Crippen molar-refractivity contribution in [1.82, 2.24) is 9.55 Å². The molecule has 0 unspecified atom stereocenters. The van der Waals surface area contributed by atoms with Gasteiger partial charge in [0, 0.05) is 7.11 Å². The van der Waals surface area contributed by atoms with Crippen LogP contribution < -0.4 is 5.73 Å². The molecule has 2 aromatic rings. The van der Waals surface area contributed by atoms with Crippen LogP contribution >= 0.6 is 0 Å². The summed E-state index contributed by atoms with van der Waals surface area (Å²) in [7, 11) is 1.71. The number of imidazole rings is 1. The summed E-state index contributed by atoms with van der Waals surface area (Å²) in [5.41, 5.74) is 8.90. The van der Waals surface area contributed by atoms with E-state index in [2.05, 4.69) is 18.0 Å². The Labute approximate surface area is 101 Å². The molecule has 4 nitrogen and oxygen atoms in total. The molecule has 0 radical (unpaired) electrons. The molecular weight excluding hydrogens is 214 g/mol.